The minimum Gasteiger partial charge on any atom is -0.373 e. The Labute approximate surface area is 113 Å². The maximum Gasteiger partial charge on any atom is 0.128 e. The van der Waals surface area contributed by atoms with Crippen LogP contribution in [0.2, 0.25) is 0 Å². The zero-order valence-corrected chi connectivity index (χ0v) is 11.3. The van der Waals surface area contributed by atoms with Crippen LogP contribution < -0.4 is 5.73 Å². The van der Waals surface area contributed by atoms with Gasteiger partial charge in [0.15, 0.2) is 0 Å². The Bertz CT molecular complexity index is 465. The zero-order chi connectivity index (χ0) is 13.4. The largest absolute Gasteiger partial charge is 0.373 e. The van der Waals surface area contributed by atoms with Crippen LogP contribution in [0.5, 0.6) is 0 Å². The minimum atomic E-state index is -0.388. The van der Waals surface area contributed by atoms with Crippen LogP contribution in [0.1, 0.15) is 30.0 Å². The van der Waals surface area contributed by atoms with Crippen molar-refractivity contribution in [3.8, 4) is 0 Å². The van der Waals surface area contributed by atoms with E-state index in [0.717, 1.165) is 25.3 Å². The van der Waals surface area contributed by atoms with Crippen molar-refractivity contribution in [3.63, 3.8) is 0 Å². The molecule has 0 aliphatic carbocycles. The van der Waals surface area contributed by atoms with Gasteiger partial charge in [-0.2, -0.15) is 0 Å². The number of hydrogen-bond donors (Lipinski definition) is 1. The lowest BCUT2D eigenvalue weighted by Crippen LogP contribution is -2.49. The molecule has 0 aromatic heterocycles. The van der Waals surface area contributed by atoms with Gasteiger partial charge in [-0.3, -0.25) is 4.90 Å². The van der Waals surface area contributed by atoms with E-state index >= 15 is 0 Å². The lowest BCUT2D eigenvalue weighted by molar-refractivity contribution is -0.0601. The maximum absolute atomic E-state index is 13.9. The van der Waals surface area contributed by atoms with E-state index in [1.165, 1.54) is 18.9 Å². The van der Waals surface area contributed by atoms with E-state index in [4.69, 9.17) is 10.5 Å². The Hall–Kier alpha value is -0.970. The average Bonchev–Trinajstić information content (AvgIpc) is 2.88. The van der Waals surface area contributed by atoms with Crippen LogP contribution in [0.4, 0.5) is 4.39 Å². The van der Waals surface area contributed by atoms with Gasteiger partial charge in [0, 0.05) is 18.2 Å². The Morgan fingerprint density at radius 1 is 1.47 bits per heavy atom. The molecule has 0 saturated carbocycles. The molecule has 0 amide bonds. The predicted octanol–water partition coefficient (Wildman–Crippen LogP) is 2.00. The summed E-state index contributed by atoms with van der Waals surface area (Å²) in [6.45, 7) is 4.62. The molecule has 4 heteroatoms. The van der Waals surface area contributed by atoms with Gasteiger partial charge >= 0.3 is 0 Å². The van der Waals surface area contributed by atoms with Crippen LogP contribution in [-0.2, 0) is 4.74 Å². The summed E-state index contributed by atoms with van der Waals surface area (Å²) in [5.41, 5.74) is 7.83. The molecule has 1 aromatic rings. The molecule has 0 spiro atoms. The summed E-state index contributed by atoms with van der Waals surface area (Å²) in [5, 5.41) is 0. The molecule has 3 unspecified atom stereocenters. The van der Waals surface area contributed by atoms with Gasteiger partial charge in [-0.05, 0) is 32.4 Å². The highest BCUT2D eigenvalue weighted by atomic mass is 19.1. The van der Waals surface area contributed by atoms with Crippen molar-refractivity contribution in [1.29, 1.82) is 0 Å². The number of benzene rings is 1. The Morgan fingerprint density at radius 2 is 2.32 bits per heavy atom. The number of nitrogens with two attached hydrogens (primary N) is 1. The van der Waals surface area contributed by atoms with Crippen LogP contribution in [-0.4, -0.2) is 36.7 Å². The van der Waals surface area contributed by atoms with Crippen molar-refractivity contribution in [2.45, 2.75) is 38.0 Å². The standard InChI is InChI=1S/C15H21FN2O/c1-10-4-5-13(16)12(7-10)15(17)14-8-18-6-2-3-11(18)9-19-14/h4-5,7,11,14-15H,2-3,6,8-9,17H2,1H3. The maximum atomic E-state index is 13.9. The van der Waals surface area contributed by atoms with Crippen LogP contribution in [0.3, 0.4) is 0 Å². The lowest BCUT2D eigenvalue weighted by atomic mass is 9.98. The summed E-state index contributed by atoms with van der Waals surface area (Å²) in [5.74, 6) is -0.231. The molecule has 2 fully saturated rings. The molecule has 3 nitrogen and oxygen atoms in total. The first-order valence-electron chi connectivity index (χ1n) is 7.02. The number of ether oxygens (including phenoxy) is 1. The van der Waals surface area contributed by atoms with Gasteiger partial charge in [-0.25, -0.2) is 4.39 Å². The highest BCUT2D eigenvalue weighted by molar-refractivity contribution is 5.27. The number of nitrogens with zero attached hydrogens (tertiary/aromatic N) is 1. The Morgan fingerprint density at radius 3 is 3.16 bits per heavy atom. The van der Waals surface area contributed by atoms with Gasteiger partial charge in [0.25, 0.3) is 0 Å². The Kier molecular flexibility index (Phi) is 3.56. The molecule has 1 aromatic carbocycles. The van der Waals surface area contributed by atoms with Crippen LogP contribution in [0, 0.1) is 12.7 Å². The first kappa shape index (κ1) is 13.0. The summed E-state index contributed by atoms with van der Waals surface area (Å²) < 4.78 is 19.8. The number of hydrogen-bond acceptors (Lipinski definition) is 3. The first-order chi connectivity index (χ1) is 9.15. The molecule has 3 rings (SSSR count). The molecule has 0 radical (unpaired) electrons. The fraction of sp³-hybridized carbons (Fsp3) is 0.600. The monoisotopic (exact) mass is 264 g/mol. The summed E-state index contributed by atoms with van der Waals surface area (Å²) in [6, 6.07) is 5.25. The van der Waals surface area contributed by atoms with Crippen LogP contribution in [0.15, 0.2) is 18.2 Å². The van der Waals surface area contributed by atoms with E-state index < -0.39 is 0 Å². The second-order valence-electron chi connectivity index (χ2n) is 5.71. The van der Waals surface area contributed by atoms with Crippen molar-refractivity contribution in [2.24, 2.45) is 5.73 Å². The van der Waals surface area contributed by atoms with Crippen molar-refractivity contribution in [3.05, 3.63) is 35.1 Å². The molecule has 2 heterocycles. The highest BCUT2D eigenvalue weighted by Gasteiger charge is 2.35. The van der Waals surface area contributed by atoms with Crippen molar-refractivity contribution < 1.29 is 9.13 Å². The summed E-state index contributed by atoms with van der Waals surface area (Å²) in [7, 11) is 0. The number of halogens is 1. The number of fused-ring (bicyclic) bond motifs is 1. The second kappa shape index (κ2) is 5.19. The molecule has 2 saturated heterocycles. The third-order valence-electron chi connectivity index (χ3n) is 4.33. The van der Waals surface area contributed by atoms with Crippen molar-refractivity contribution >= 4 is 0 Å². The van der Waals surface area contributed by atoms with E-state index in [1.54, 1.807) is 6.07 Å². The molecule has 2 aliphatic heterocycles. The van der Waals surface area contributed by atoms with Gasteiger partial charge in [0.05, 0.1) is 18.8 Å². The molecule has 3 atom stereocenters. The molecular weight excluding hydrogens is 243 g/mol. The fourth-order valence-electron chi connectivity index (χ4n) is 3.18. The molecular formula is C15H21FN2O. The SMILES string of the molecule is Cc1ccc(F)c(C(N)C2CN3CCCC3CO2)c1. The van der Waals surface area contributed by atoms with Gasteiger partial charge in [0.1, 0.15) is 5.82 Å². The van der Waals surface area contributed by atoms with E-state index in [9.17, 15) is 4.39 Å². The van der Waals surface area contributed by atoms with E-state index in [0.29, 0.717) is 11.6 Å². The molecule has 2 aliphatic rings. The lowest BCUT2D eigenvalue weighted by Gasteiger charge is -2.37. The predicted molar refractivity (Wildman–Crippen MR) is 72.4 cm³/mol. The van der Waals surface area contributed by atoms with E-state index in [-0.39, 0.29) is 18.0 Å². The van der Waals surface area contributed by atoms with E-state index in [1.807, 2.05) is 13.0 Å². The molecule has 2 N–H and O–H groups in total. The van der Waals surface area contributed by atoms with Crippen LogP contribution in [0.25, 0.3) is 0 Å². The highest BCUT2D eigenvalue weighted by Crippen LogP contribution is 2.28. The minimum absolute atomic E-state index is 0.106. The summed E-state index contributed by atoms with van der Waals surface area (Å²) in [6.07, 6.45) is 2.33. The fourth-order valence-corrected chi connectivity index (χ4v) is 3.18. The molecule has 19 heavy (non-hydrogen) atoms. The molecule has 104 valence electrons. The van der Waals surface area contributed by atoms with E-state index in [2.05, 4.69) is 4.90 Å². The summed E-state index contributed by atoms with van der Waals surface area (Å²) >= 11 is 0. The number of morpholine rings is 1. The topological polar surface area (TPSA) is 38.5 Å². The third kappa shape index (κ3) is 2.53. The Balaban J connectivity index is 1.76. The van der Waals surface area contributed by atoms with Gasteiger partial charge in [-0.15, -0.1) is 0 Å². The zero-order valence-electron chi connectivity index (χ0n) is 11.3. The number of aryl methyl sites for hydroxylation is 1. The first-order valence-corrected chi connectivity index (χ1v) is 7.02. The third-order valence-corrected chi connectivity index (χ3v) is 4.33. The van der Waals surface area contributed by atoms with Crippen molar-refractivity contribution in [2.75, 3.05) is 19.7 Å². The normalized spacial score (nSPS) is 29.2. The average molecular weight is 264 g/mol. The van der Waals surface area contributed by atoms with Crippen molar-refractivity contribution in [1.82, 2.24) is 4.90 Å². The van der Waals surface area contributed by atoms with Gasteiger partial charge in [0.2, 0.25) is 0 Å². The second-order valence-corrected chi connectivity index (χ2v) is 5.71. The van der Waals surface area contributed by atoms with Crippen LogP contribution >= 0.6 is 0 Å². The van der Waals surface area contributed by atoms with Gasteiger partial charge < -0.3 is 10.5 Å². The smallest absolute Gasteiger partial charge is 0.128 e. The van der Waals surface area contributed by atoms with Gasteiger partial charge in [-0.1, -0.05) is 17.7 Å². The molecule has 0 bridgehead atoms. The summed E-state index contributed by atoms with van der Waals surface area (Å²) in [4.78, 5) is 2.43. The quantitative estimate of drug-likeness (QED) is 0.888. The number of rotatable bonds is 2.